The zero-order chi connectivity index (χ0) is 20.9. The van der Waals surface area contributed by atoms with Crippen LogP contribution in [-0.4, -0.2) is 34.5 Å². The SMILES string of the molecule is CN(C)SNCCc1cn(Cc2ccc(F)cc2)c2cc(-c3ccncc3)ccc12. The molecule has 0 bridgehead atoms. The van der Waals surface area contributed by atoms with Gasteiger partial charge in [-0.15, -0.1) is 0 Å². The lowest BCUT2D eigenvalue weighted by Crippen LogP contribution is -2.15. The van der Waals surface area contributed by atoms with Gasteiger partial charge in [0.25, 0.3) is 0 Å². The van der Waals surface area contributed by atoms with Crippen LogP contribution in [0.25, 0.3) is 22.0 Å². The van der Waals surface area contributed by atoms with Gasteiger partial charge in [0.2, 0.25) is 0 Å². The predicted molar refractivity (Wildman–Crippen MR) is 124 cm³/mol. The molecule has 0 saturated carbocycles. The Morgan fingerprint density at radius 1 is 1.00 bits per heavy atom. The van der Waals surface area contributed by atoms with E-state index in [9.17, 15) is 4.39 Å². The van der Waals surface area contributed by atoms with E-state index in [0.29, 0.717) is 6.54 Å². The normalized spacial score (nSPS) is 11.5. The fourth-order valence-electron chi connectivity index (χ4n) is 3.57. The number of benzene rings is 2. The quantitative estimate of drug-likeness (QED) is 0.316. The highest BCUT2D eigenvalue weighted by Crippen LogP contribution is 2.28. The van der Waals surface area contributed by atoms with Crippen molar-refractivity contribution in [1.29, 1.82) is 0 Å². The highest BCUT2D eigenvalue weighted by Gasteiger charge is 2.11. The van der Waals surface area contributed by atoms with Crippen molar-refractivity contribution in [2.75, 3.05) is 20.6 Å². The predicted octanol–water partition coefficient (Wildman–Crippen LogP) is 5.15. The summed E-state index contributed by atoms with van der Waals surface area (Å²) in [6, 6.07) is 17.4. The van der Waals surface area contributed by atoms with Crippen LogP contribution in [0.5, 0.6) is 0 Å². The highest BCUT2D eigenvalue weighted by molar-refractivity contribution is 7.95. The second kappa shape index (κ2) is 9.43. The Labute approximate surface area is 181 Å². The van der Waals surface area contributed by atoms with Crippen LogP contribution in [-0.2, 0) is 13.0 Å². The lowest BCUT2D eigenvalue weighted by molar-refractivity contribution is 0.626. The van der Waals surface area contributed by atoms with E-state index in [1.807, 2.05) is 55.1 Å². The van der Waals surface area contributed by atoms with Gasteiger partial charge in [-0.25, -0.2) is 8.70 Å². The summed E-state index contributed by atoms with van der Waals surface area (Å²) < 4.78 is 21.0. The molecule has 0 aliphatic heterocycles. The molecule has 4 aromatic rings. The third-order valence-electron chi connectivity index (χ3n) is 4.99. The minimum absolute atomic E-state index is 0.207. The Hall–Kier alpha value is -2.67. The summed E-state index contributed by atoms with van der Waals surface area (Å²) in [5.74, 6) is -0.207. The molecule has 0 saturated heterocycles. The molecule has 2 aromatic heterocycles. The number of pyridine rings is 1. The van der Waals surface area contributed by atoms with Crippen molar-refractivity contribution in [2.45, 2.75) is 13.0 Å². The number of halogens is 1. The van der Waals surface area contributed by atoms with Gasteiger partial charge in [-0.2, -0.15) is 0 Å². The Morgan fingerprint density at radius 3 is 2.50 bits per heavy atom. The molecular formula is C24H25FN4S. The van der Waals surface area contributed by atoms with E-state index in [1.165, 1.54) is 28.6 Å². The van der Waals surface area contributed by atoms with Crippen LogP contribution < -0.4 is 4.72 Å². The van der Waals surface area contributed by atoms with Crippen LogP contribution in [0.15, 0.2) is 73.2 Å². The van der Waals surface area contributed by atoms with Crippen LogP contribution in [0.2, 0.25) is 0 Å². The van der Waals surface area contributed by atoms with Gasteiger partial charge in [0.1, 0.15) is 5.82 Å². The van der Waals surface area contributed by atoms with Crippen LogP contribution in [0.1, 0.15) is 11.1 Å². The van der Waals surface area contributed by atoms with Gasteiger partial charge in [0.15, 0.2) is 0 Å². The molecular weight excluding hydrogens is 395 g/mol. The van der Waals surface area contributed by atoms with Crippen LogP contribution in [0.4, 0.5) is 4.39 Å². The standard InChI is InChI=1S/C24H25FN4S/c1-28(2)30-27-14-11-21-17-29(16-18-3-6-22(25)7-4-18)24-15-20(5-8-23(21)24)19-9-12-26-13-10-19/h3-10,12-13,15,17,27H,11,14,16H2,1-2H3. The first kappa shape index (κ1) is 20.6. The molecule has 4 nitrogen and oxygen atoms in total. The Kier molecular flexibility index (Phi) is 6.47. The summed E-state index contributed by atoms with van der Waals surface area (Å²) >= 11 is 1.60. The van der Waals surface area contributed by atoms with Gasteiger partial charge in [-0.05, 0) is 73.1 Å². The number of hydrogen-bond donors (Lipinski definition) is 1. The largest absolute Gasteiger partial charge is 0.343 e. The highest BCUT2D eigenvalue weighted by atomic mass is 32.2. The lowest BCUT2D eigenvalue weighted by atomic mass is 10.0. The number of rotatable bonds is 8. The second-order valence-corrected chi connectivity index (χ2v) is 8.63. The summed E-state index contributed by atoms with van der Waals surface area (Å²) in [6.07, 6.45) is 6.79. The topological polar surface area (TPSA) is 33.1 Å². The van der Waals surface area contributed by atoms with Crippen molar-refractivity contribution in [2.24, 2.45) is 0 Å². The van der Waals surface area contributed by atoms with Gasteiger partial charge in [0.05, 0.1) is 0 Å². The first-order chi connectivity index (χ1) is 14.6. The molecule has 0 aliphatic carbocycles. The number of nitrogens with zero attached hydrogens (tertiary/aromatic N) is 3. The maximum atomic E-state index is 13.3. The fraction of sp³-hybridized carbons (Fsp3) is 0.208. The molecule has 0 fully saturated rings. The van der Waals surface area contributed by atoms with Gasteiger partial charge in [0, 0.05) is 54.7 Å². The third kappa shape index (κ3) is 4.90. The fourth-order valence-corrected chi connectivity index (χ4v) is 4.02. The average molecular weight is 421 g/mol. The third-order valence-corrected chi connectivity index (χ3v) is 5.69. The summed E-state index contributed by atoms with van der Waals surface area (Å²) in [7, 11) is 4.04. The van der Waals surface area contributed by atoms with Gasteiger partial charge < -0.3 is 4.57 Å². The first-order valence-electron chi connectivity index (χ1n) is 9.94. The minimum atomic E-state index is -0.207. The minimum Gasteiger partial charge on any atom is -0.343 e. The van der Waals surface area contributed by atoms with Crippen molar-refractivity contribution < 1.29 is 4.39 Å². The molecule has 0 spiro atoms. The molecule has 154 valence electrons. The van der Waals surface area contributed by atoms with Gasteiger partial charge >= 0.3 is 0 Å². The van der Waals surface area contributed by atoms with Crippen molar-refractivity contribution in [1.82, 2.24) is 18.6 Å². The maximum absolute atomic E-state index is 13.3. The van der Waals surface area contributed by atoms with Gasteiger partial charge in [-0.3, -0.25) is 9.71 Å². The molecule has 30 heavy (non-hydrogen) atoms. The van der Waals surface area contributed by atoms with Crippen molar-refractivity contribution in [3.8, 4) is 11.1 Å². The number of fused-ring (bicyclic) bond motifs is 1. The second-order valence-electron chi connectivity index (χ2n) is 7.42. The molecule has 2 aromatic carbocycles. The molecule has 0 unspecified atom stereocenters. The van der Waals surface area contributed by atoms with E-state index in [-0.39, 0.29) is 5.82 Å². The first-order valence-corrected chi connectivity index (χ1v) is 10.7. The molecule has 6 heteroatoms. The summed E-state index contributed by atoms with van der Waals surface area (Å²) in [6.45, 7) is 1.58. The number of hydrogen-bond acceptors (Lipinski definition) is 4. The summed E-state index contributed by atoms with van der Waals surface area (Å²) in [5, 5.41) is 1.26. The zero-order valence-corrected chi connectivity index (χ0v) is 18.0. The van der Waals surface area contributed by atoms with E-state index in [2.05, 4.69) is 38.7 Å². The molecule has 0 atom stereocenters. The van der Waals surface area contributed by atoms with E-state index in [0.717, 1.165) is 29.7 Å². The summed E-state index contributed by atoms with van der Waals surface area (Å²) in [4.78, 5) is 4.12. The van der Waals surface area contributed by atoms with E-state index >= 15 is 0 Å². The van der Waals surface area contributed by atoms with Crippen LogP contribution in [0, 0.1) is 5.82 Å². The molecule has 0 aliphatic rings. The van der Waals surface area contributed by atoms with Crippen molar-refractivity contribution in [3.63, 3.8) is 0 Å². The Balaban J connectivity index is 1.68. The lowest BCUT2D eigenvalue weighted by Gasteiger charge is -2.08. The van der Waals surface area contributed by atoms with Crippen LogP contribution >= 0.6 is 12.1 Å². The monoisotopic (exact) mass is 420 g/mol. The van der Waals surface area contributed by atoms with Crippen molar-refractivity contribution in [3.05, 3.63) is 90.1 Å². The number of aromatic nitrogens is 2. The Bertz CT molecular complexity index is 1110. The zero-order valence-electron chi connectivity index (χ0n) is 17.2. The molecule has 0 radical (unpaired) electrons. The van der Waals surface area contributed by atoms with E-state index in [1.54, 1.807) is 12.1 Å². The average Bonchev–Trinajstić information content (AvgIpc) is 3.10. The summed E-state index contributed by atoms with van der Waals surface area (Å²) in [5.41, 5.74) is 5.88. The van der Waals surface area contributed by atoms with Gasteiger partial charge in [-0.1, -0.05) is 24.3 Å². The Morgan fingerprint density at radius 2 is 1.77 bits per heavy atom. The smallest absolute Gasteiger partial charge is 0.123 e. The molecule has 0 amide bonds. The molecule has 1 N–H and O–H groups in total. The number of nitrogens with one attached hydrogen (secondary N) is 1. The van der Waals surface area contributed by atoms with Crippen LogP contribution in [0.3, 0.4) is 0 Å². The van der Waals surface area contributed by atoms with E-state index in [4.69, 9.17) is 0 Å². The van der Waals surface area contributed by atoms with E-state index < -0.39 is 0 Å². The molecule has 4 rings (SSSR count). The maximum Gasteiger partial charge on any atom is 0.123 e. The molecule has 2 heterocycles. The van der Waals surface area contributed by atoms with Crippen molar-refractivity contribution >= 4 is 23.0 Å².